The average molecular weight is 186 g/mol. The van der Waals surface area contributed by atoms with E-state index in [1.54, 1.807) is 0 Å². The minimum absolute atomic E-state index is 0. The van der Waals surface area contributed by atoms with Gasteiger partial charge in [-0.25, -0.2) is 0 Å². The molecule has 0 bridgehead atoms. The van der Waals surface area contributed by atoms with Crippen molar-refractivity contribution in [3.63, 3.8) is 0 Å². The number of hydrogen-bond acceptors (Lipinski definition) is 5. The van der Waals surface area contributed by atoms with E-state index in [0.29, 0.717) is 0 Å². The summed E-state index contributed by atoms with van der Waals surface area (Å²) in [4.78, 5) is 19.3. The van der Waals surface area contributed by atoms with E-state index in [4.69, 9.17) is 5.73 Å². The zero-order valence-electron chi connectivity index (χ0n) is 4.87. The molecule has 0 aromatic rings. The van der Waals surface area contributed by atoms with Gasteiger partial charge in [0, 0.05) is 18.4 Å². The van der Waals surface area contributed by atoms with Crippen LogP contribution < -0.4 is 15.9 Å². The number of nitrogens with two attached hydrogens (primary N) is 1. The monoisotopic (exact) mass is 186 g/mol. The molecule has 5 nitrogen and oxygen atoms in total. The molecule has 0 aromatic carbocycles. The maximum Gasteiger partial charge on any atom is 2.00 e. The zero-order valence-corrected chi connectivity index (χ0v) is 6.05. The molecule has 1 radical (unpaired) electrons. The Hall–Kier alpha value is -0.581. The molecule has 0 aromatic heterocycles. The van der Waals surface area contributed by atoms with Crippen LogP contribution in [0.4, 0.5) is 0 Å². The Labute approximate surface area is 67.7 Å². The first-order valence-electron chi connectivity index (χ1n) is 2.20. The number of carbonyl (C=O) groups is 2. The number of aliphatic carboxylic acids is 2. The summed E-state index contributed by atoms with van der Waals surface area (Å²) >= 11 is 0. The van der Waals surface area contributed by atoms with Gasteiger partial charge >= 0.3 is 17.1 Å². The van der Waals surface area contributed by atoms with Crippen LogP contribution in [0, 0.1) is 0 Å². The molecule has 57 valence electrons. The van der Waals surface area contributed by atoms with Gasteiger partial charge in [0.15, 0.2) is 0 Å². The molecular weight excluding hydrogens is 181 g/mol. The summed E-state index contributed by atoms with van der Waals surface area (Å²) in [5, 5.41) is 19.3. The summed E-state index contributed by atoms with van der Waals surface area (Å²) in [6, 6.07) is -1.46. The standard InChI is InChI=1S/C4H7NO4.Mn/c5-2(4(8)9)1-3(6)7;/h2H,1,5H2,(H,6,7)(H,8,9);/q;+2/p-2. The van der Waals surface area contributed by atoms with Gasteiger partial charge in [0.1, 0.15) is 0 Å². The van der Waals surface area contributed by atoms with E-state index >= 15 is 0 Å². The first-order chi connectivity index (χ1) is 4.04. The number of carboxylic acids is 2. The predicted octanol–water partition coefficient (Wildman–Crippen LogP) is -3.80. The van der Waals surface area contributed by atoms with Crippen LogP contribution in [0.1, 0.15) is 6.42 Å². The minimum atomic E-state index is -1.58. The largest absolute Gasteiger partial charge is 2.00 e. The molecule has 0 spiro atoms. The van der Waals surface area contributed by atoms with Crippen LogP contribution in [0.25, 0.3) is 0 Å². The molecule has 0 aliphatic heterocycles. The Bertz CT molecular complexity index is 137. The third kappa shape index (κ3) is 5.55. The Kier molecular flexibility index (Phi) is 6.34. The van der Waals surface area contributed by atoms with Crippen molar-refractivity contribution in [1.82, 2.24) is 0 Å². The second-order valence-electron chi connectivity index (χ2n) is 1.50. The van der Waals surface area contributed by atoms with Crippen molar-refractivity contribution in [2.45, 2.75) is 12.5 Å². The van der Waals surface area contributed by atoms with Crippen LogP contribution in [0.15, 0.2) is 0 Å². The second-order valence-corrected chi connectivity index (χ2v) is 1.50. The summed E-state index contributed by atoms with van der Waals surface area (Å²) in [6.07, 6.45) is -0.706. The topological polar surface area (TPSA) is 106 Å². The summed E-state index contributed by atoms with van der Waals surface area (Å²) in [7, 11) is 0. The number of hydrogen-bond donors (Lipinski definition) is 1. The fourth-order valence-corrected chi connectivity index (χ4v) is 0.263. The Morgan fingerprint density at radius 1 is 1.40 bits per heavy atom. The van der Waals surface area contributed by atoms with Crippen LogP contribution in [0.2, 0.25) is 0 Å². The van der Waals surface area contributed by atoms with Gasteiger partial charge in [-0.05, 0) is 0 Å². The van der Waals surface area contributed by atoms with Crippen LogP contribution >= 0.6 is 0 Å². The van der Waals surface area contributed by atoms with Crippen molar-refractivity contribution >= 4 is 11.9 Å². The van der Waals surface area contributed by atoms with Gasteiger partial charge in [-0.1, -0.05) is 0 Å². The van der Waals surface area contributed by atoms with Crippen LogP contribution in [0.5, 0.6) is 0 Å². The zero-order chi connectivity index (χ0) is 7.44. The first kappa shape index (κ1) is 12.1. The number of rotatable bonds is 3. The summed E-state index contributed by atoms with van der Waals surface area (Å²) in [6.45, 7) is 0. The Morgan fingerprint density at radius 2 is 1.80 bits per heavy atom. The van der Waals surface area contributed by atoms with E-state index in [0.717, 1.165) is 0 Å². The van der Waals surface area contributed by atoms with Gasteiger partial charge in [0.2, 0.25) is 0 Å². The smallest absolute Gasteiger partial charge is 0.550 e. The average Bonchev–Trinajstić information content (AvgIpc) is 1.63. The minimum Gasteiger partial charge on any atom is -0.550 e. The first-order valence-corrected chi connectivity index (χ1v) is 2.20. The van der Waals surface area contributed by atoms with Crippen molar-refractivity contribution < 1.29 is 36.9 Å². The summed E-state index contributed by atoms with van der Waals surface area (Å²) in [5.41, 5.74) is 4.73. The van der Waals surface area contributed by atoms with Gasteiger partial charge in [-0.3, -0.25) is 0 Å². The molecule has 1 unspecified atom stereocenters. The quantitative estimate of drug-likeness (QED) is 0.455. The van der Waals surface area contributed by atoms with Crippen molar-refractivity contribution in [3.05, 3.63) is 0 Å². The van der Waals surface area contributed by atoms with Gasteiger partial charge in [0.25, 0.3) is 0 Å². The number of carboxylic acid groups (broad SMARTS) is 2. The molecule has 0 rings (SSSR count). The van der Waals surface area contributed by atoms with E-state index < -0.39 is 24.4 Å². The van der Waals surface area contributed by atoms with Gasteiger partial charge < -0.3 is 25.5 Å². The molecule has 0 aliphatic rings. The van der Waals surface area contributed by atoms with Crippen LogP contribution in [-0.4, -0.2) is 18.0 Å². The Balaban J connectivity index is 0. The van der Waals surface area contributed by atoms with E-state index in [-0.39, 0.29) is 17.1 Å². The molecule has 0 amide bonds. The van der Waals surface area contributed by atoms with Gasteiger partial charge in [0.05, 0.1) is 5.97 Å². The maximum atomic E-state index is 9.71. The summed E-state index contributed by atoms with van der Waals surface area (Å²) in [5.74, 6) is -3.08. The fourth-order valence-electron chi connectivity index (χ4n) is 0.263. The van der Waals surface area contributed by atoms with Crippen molar-refractivity contribution in [3.8, 4) is 0 Å². The van der Waals surface area contributed by atoms with Gasteiger partial charge in [-0.2, -0.15) is 0 Å². The molecular formula is C4H5MnNO4. The fraction of sp³-hybridized carbons (Fsp3) is 0.500. The molecule has 0 aliphatic carbocycles. The maximum absolute atomic E-state index is 9.71. The molecule has 10 heavy (non-hydrogen) atoms. The van der Waals surface area contributed by atoms with Crippen LogP contribution in [0.3, 0.4) is 0 Å². The van der Waals surface area contributed by atoms with Crippen LogP contribution in [-0.2, 0) is 26.7 Å². The molecule has 2 N–H and O–H groups in total. The molecule has 6 heteroatoms. The second kappa shape index (κ2) is 5.22. The van der Waals surface area contributed by atoms with E-state index in [1.165, 1.54) is 0 Å². The molecule has 0 saturated carbocycles. The Morgan fingerprint density at radius 3 is 1.90 bits per heavy atom. The van der Waals surface area contributed by atoms with E-state index in [9.17, 15) is 19.8 Å². The van der Waals surface area contributed by atoms with E-state index in [1.807, 2.05) is 0 Å². The third-order valence-corrected chi connectivity index (χ3v) is 0.689. The SMILES string of the molecule is NC(CC(=O)[O-])C(=O)[O-].[Mn+2]. The van der Waals surface area contributed by atoms with E-state index in [2.05, 4.69) is 0 Å². The number of carbonyl (C=O) groups excluding carboxylic acids is 2. The molecule has 1 atom stereocenters. The van der Waals surface area contributed by atoms with Gasteiger partial charge in [-0.15, -0.1) is 0 Å². The summed E-state index contributed by atoms with van der Waals surface area (Å²) < 4.78 is 0. The molecule has 0 fully saturated rings. The van der Waals surface area contributed by atoms with Crippen molar-refractivity contribution in [2.75, 3.05) is 0 Å². The molecule has 0 heterocycles. The van der Waals surface area contributed by atoms with Crippen molar-refractivity contribution in [1.29, 1.82) is 0 Å². The molecule has 0 saturated heterocycles. The third-order valence-electron chi connectivity index (χ3n) is 0.689. The van der Waals surface area contributed by atoms with Crippen molar-refractivity contribution in [2.24, 2.45) is 5.73 Å². The predicted molar refractivity (Wildman–Crippen MR) is 22.6 cm³/mol. The normalized spacial score (nSPS) is 11.3.